The van der Waals surface area contributed by atoms with Gasteiger partial charge < -0.3 is 14.7 Å². The zero-order valence-corrected chi connectivity index (χ0v) is 12.0. The van der Waals surface area contributed by atoms with E-state index in [2.05, 4.69) is 0 Å². The Balaban J connectivity index is 1.98. The van der Waals surface area contributed by atoms with Gasteiger partial charge in [-0.15, -0.1) is 0 Å². The van der Waals surface area contributed by atoms with Crippen LogP contribution >= 0.6 is 23.2 Å². The molecule has 20 heavy (non-hydrogen) atoms. The number of nitrogens with zero attached hydrogens (tertiary/aromatic N) is 1. The first-order valence-electron chi connectivity index (χ1n) is 6.09. The zero-order valence-electron chi connectivity index (χ0n) is 10.5. The third-order valence-electron chi connectivity index (χ3n) is 3.10. The fourth-order valence-corrected chi connectivity index (χ4v) is 2.47. The number of amides is 1. The van der Waals surface area contributed by atoms with Crippen molar-refractivity contribution in [3.63, 3.8) is 0 Å². The van der Waals surface area contributed by atoms with Gasteiger partial charge in [0.2, 0.25) is 0 Å². The quantitative estimate of drug-likeness (QED) is 0.926. The van der Waals surface area contributed by atoms with Crippen molar-refractivity contribution in [1.82, 2.24) is 4.90 Å². The van der Waals surface area contributed by atoms with E-state index in [4.69, 9.17) is 33.0 Å². The summed E-state index contributed by atoms with van der Waals surface area (Å²) >= 11 is 11.7. The Labute approximate surface area is 126 Å². The van der Waals surface area contributed by atoms with E-state index in [1.54, 1.807) is 12.1 Å². The zero-order chi connectivity index (χ0) is 14.7. The predicted molar refractivity (Wildman–Crippen MR) is 74.3 cm³/mol. The number of hydrogen-bond acceptors (Lipinski definition) is 3. The van der Waals surface area contributed by atoms with Crippen molar-refractivity contribution >= 4 is 35.1 Å². The van der Waals surface area contributed by atoms with Crippen molar-refractivity contribution in [1.29, 1.82) is 0 Å². The highest BCUT2D eigenvalue weighted by atomic mass is 35.5. The van der Waals surface area contributed by atoms with Gasteiger partial charge in [-0.1, -0.05) is 23.2 Å². The van der Waals surface area contributed by atoms with E-state index < -0.39 is 12.0 Å². The molecule has 1 heterocycles. The first-order chi connectivity index (χ1) is 9.49. The Morgan fingerprint density at radius 3 is 2.85 bits per heavy atom. The monoisotopic (exact) mass is 317 g/mol. The summed E-state index contributed by atoms with van der Waals surface area (Å²) in [7, 11) is 0. The maximum absolute atomic E-state index is 12.0. The molecular weight excluding hydrogens is 305 g/mol. The SMILES string of the molecule is O=C(O)[C@H]1CCCN1C(=O)COc1cc(Cl)ccc1Cl. The van der Waals surface area contributed by atoms with Crippen LogP contribution in [0.5, 0.6) is 5.75 Å². The Morgan fingerprint density at radius 2 is 2.15 bits per heavy atom. The van der Waals surface area contributed by atoms with Crippen molar-refractivity contribution in [2.75, 3.05) is 13.2 Å². The van der Waals surface area contributed by atoms with Crippen molar-refractivity contribution in [3.05, 3.63) is 28.2 Å². The fourth-order valence-electron chi connectivity index (χ4n) is 2.13. The summed E-state index contributed by atoms with van der Waals surface area (Å²) in [5.41, 5.74) is 0. The van der Waals surface area contributed by atoms with Crippen LogP contribution in [0, 0.1) is 0 Å². The van der Waals surface area contributed by atoms with Gasteiger partial charge in [0.05, 0.1) is 5.02 Å². The standard InChI is InChI=1S/C13H13Cl2NO4/c14-8-3-4-9(15)11(6-8)20-7-12(17)16-5-1-2-10(16)13(18)19/h3-4,6,10H,1-2,5,7H2,(H,18,19)/t10-/m1/s1. The van der Waals surface area contributed by atoms with Gasteiger partial charge in [-0.25, -0.2) is 4.79 Å². The number of carboxylic acid groups (broad SMARTS) is 1. The molecule has 1 N–H and O–H groups in total. The van der Waals surface area contributed by atoms with Crippen LogP contribution in [-0.2, 0) is 9.59 Å². The fraction of sp³-hybridized carbons (Fsp3) is 0.385. The number of hydrogen-bond donors (Lipinski definition) is 1. The second kappa shape index (κ2) is 6.33. The third-order valence-corrected chi connectivity index (χ3v) is 3.65. The van der Waals surface area contributed by atoms with Crippen molar-refractivity contribution in [2.45, 2.75) is 18.9 Å². The molecule has 5 nitrogen and oxygen atoms in total. The van der Waals surface area contributed by atoms with E-state index in [0.717, 1.165) is 0 Å². The van der Waals surface area contributed by atoms with Crippen molar-refractivity contribution < 1.29 is 19.4 Å². The van der Waals surface area contributed by atoms with Crippen LogP contribution in [0.4, 0.5) is 0 Å². The van der Waals surface area contributed by atoms with Gasteiger partial charge in [0.25, 0.3) is 5.91 Å². The molecule has 1 aliphatic rings. The molecule has 0 radical (unpaired) electrons. The summed E-state index contributed by atoms with van der Waals surface area (Å²) in [5, 5.41) is 9.82. The molecule has 0 bridgehead atoms. The molecule has 108 valence electrons. The molecule has 0 saturated carbocycles. The van der Waals surface area contributed by atoms with Crippen molar-refractivity contribution in [3.8, 4) is 5.75 Å². The molecule has 1 fully saturated rings. The molecule has 1 aromatic carbocycles. The minimum atomic E-state index is -0.989. The number of carboxylic acids is 1. The molecule has 0 unspecified atom stereocenters. The van der Waals surface area contributed by atoms with Crippen LogP contribution < -0.4 is 4.74 Å². The molecule has 0 spiro atoms. The summed E-state index contributed by atoms with van der Waals surface area (Å²) in [5.74, 6) is -1.05. The lowest BCUT2D eigenvalue weighted by Crippen LogP contribution is -2.42. The normalized spacial score (nSPS) is 18.1. The minimum absolute atomic E-state index is 0.260. The number of likely N-dealkylation sites (tertiary alicyclic amines) is 1. The highest BCUT2D eigenvalue weighted by molar-refractivity contribution is 6.34. The average molecular weight is 318 g/mol. The van der Waals surface area contributed by atoms with Gasteiger partial charge in [0, 0.05) is 17.6 Å². The smallest absolute Gasteiger partial charge is 0.326 e. The number of rotatable bonds is 4. The summed E-state index contributed by atoms with van der Waals surface area (Å²) in [6, 6.07) is 3.93. The third kappa shape index (κ3) is 3.35. The predicted octanol–water partition coefficient (Wildman–Crippen LogP) is 2.45. The number of carbonyl (C=O) groups is 2. The average Bonchev–Trinajstić information content (AvgIpc) is 2.89. The summed E-state index contributed by atoms with van der Waals surface area (Å²) in [6.07, 6.45) is 1.15. The molecule has 1 amide bonds. The topological polar surface area (TPSA) is 66.8 Å². The van der Waals surface area contributed by atoms with Gasteiger partial charge >= 0.3 is 5.97 Å². The molecule has 1 saturated heterocycles. The molecule has 2 rings (SSSR count). The number of aliphatic carboxylic acids is 1. The van der Waals surface area contributed by atoms with Gasteiger partial charge in [-0.2, -0.15) is 0 Å². The van der Waals surface area contributed by atoms with E-state index in [-0.39, 0.29) is 12.5 Å². The van der Waals surface area contributed by atoms with E-state index in [1.807, 2.05) is 0 Å². The highest BCUT2D eigenvalue weighted by Crippen LogP contribution is 2.28. The van der Waals surface area contributed by atoms with E-state index in [9.17, 15) is 9.59 Å². The van der Waals surface area contributed by atoms with Gasteiger partial charge in [-0.05, 0) is 25.0 Å². The van der Waals surface area contributed by atoms with Crippen LogP contribution in [0.1, 0.15) is 12.8 Å². The molecule has 0 aliphatic carbocycles. The highest BCUT2D eigenvalue weighted by Gasteiger charge is 2.33. The largest absolute Gasteiger partial charge is 0.482 e. The van der Waals surface area contributed by atoms with Gasteiger partial charge in [0.1, 0.15) is 11.8 Å². The second-order valence-electron chi connectivity index (χ2n) is 4.45. The Kier molecular flexibility index (Phi) is 4.73. The molecule has 1 atom stereocenters. The van der Waals surface area contributed by atoms with Crippen LogP contribution in [0.3, 0.4) is 0 Å². The molecule has 1 aliphatic heterocycles. The van der Waals surface area contributed by atoms with E-state index in [0.29, 0.717) is 35.2 Å². The van der Waals surface area contributed by atoms with E-state index in [1.165, 1.54) is 11.0 Å². The van der Waals surface area contributed by atoms with E-state index >= 15 is 0 Å². The molecule has 7 heteroatoms. The minimum Gasteiger partial charge on any atom is -0.482 e. The first-order valence-corrected chi connectivity index (χ1v) is 6.85. The molecule has 0 aromatic heterocycles. The number of benzene rings is 1. The van der Waals surface area contributed by atoms with Gasteiger partial charge in [-0.3, -0.25) is 4.79 Å². The molecule has 1 aromatic rings. The Morgan fingerprint density at radius 1 is 1.40 bits per heavy atom. The Hall–Kier alpha value is -1.46. The van der Waals surface area contributed by atoms with Crippen LogP contribution in [0.15, 0.2) is 18.2 Å². The van der Waals surface area contributed by atoms with Gasteiger partial charge in [0.15, 0.2) is 6.61 Å². The summed E-state index contributed by atoms with van der Waals surface area (Å²) < 4.78 is 5.32. The van der Waals surface area contributed by atoms with Crippen molar-refractivity contribution in [2.24, 2.45) is 0 Å². The second-order valence-corrected chi connectivity index (χ2v) is 5.29. The van der Waals surface area contributed by atoms with Crippen LogP contribution in [0.2, 0.25) is 10.0 Å². The maximum atomic E-state index is 12.0. The molecular formula is C13H13Cl2NO4. The summed E-state index contributed by atoms with van der Waals surface area (Å²) in [4.78, 5) is 24.3. The lowest BCUT2D eigenvalue weighted by molar-refractivity contribution is -0.148. The number of carbonyl (C=O) groups excluding carboxylic acids is 1. The number of halogens is 2. The van der Waals surface area contributed by atoms with Crippen LogP contribution in [0.25, 0.3) is 0 Å². The number of ether oxygens (including phenoxy) is 1. The lowest BCUT2D eigenvalue weighted by Gasteiger charge is -2.21. The lowest BCUT2D eigenvalue weighted by atomic mass is 10.2. The van der Waals surface area contributed by atoms with Crippen LogP contribution in [-0.4, -0.2) is 41.1 Å². The Bertz CT molecular complexity index is 535. The maximum Gasteiger partial charge on any atom is 0.326 e. The first kappa shape index (κ1) is 14.9. The summed E-state index contributed by atoms with van der Waals surface area (Å²) in [6.45, 7) is 0.173.